The zero-order valence-corrected chi connectivity index (χ0v) is 18.5. The Morgan fingerprint density at radius 3 is 2.42 bits per heavy atom. The lowest BCUT2D eigenvalue weighted by molar-refractivity contribution is -0.118. The van der Waals surface area contributed by atoms with Crippen LogP contribution < -0.4 is 24.8 Å². The predicted octanol–water partition coefficient (Wildman–Crippen LogP) is 2.53. The average molecular weight is 448 g/mol. The molecule has 2 aromatic carbocycles. The molecule has 9 nitrogen and oxygen atoms in total. The van der Waals surface area contributed by atoms with Gasteiger partial charge in [0.1, 0.15) is 17.2 Å². The summed E-state index contributed by atoms with van der Waals surface area (Å²) in [6.07, 6.45) is -0.254. The number of fused-ring (bicyclic) bond motifs is 1. The maximum absolute atomic E-state index is 13.1. The van der Waals surface area contributed by atoms with Gasteiger partial charge in [-0.15, -0.1) is 0 Å². The summed E-state index contributed by atoms with van der Waals surface area (Å²) in [5, 5.41) is 4.33. The van der Waals surface area contributed by atoms with Crippen LogP contribution in [0.15, 0.2) is 35.2 Å². The number of carbonyl (C=O) groups is 2. The molecule has 2 aromatic rings. The van der Waals surface area contributed by atoms with Crippen LogP contribution in [0, 0.1) is 6.92 Å². The summed E-state index contributed by atoms with van der Waals surface area (Å²) >= 11 is 0. The van der Waals surface area contributed by atoms with E-state index in [1.165, 1.54) is 27.2 Å². The number of carbonyl (C=O) groups excluding carboxylic acids is 2. The molecule has 10 heteroatoms. The summed E-state index contributed by atoms with van der Waals surface area (Å²) in [5.74, 6) is 0.496. The molecular formula is C21H24N2O7S. The van der Waals surface area contributed by atoms with Gasteiger partial charge in [-0.25, -0.2) is 8.42 Å². The molecule has 3 rings (SSSR count). The Balaban J connectivity index is 1.77. The van der Waals surface area contributed by atoms with Crippen molar-refractivity contribution in [1.29, 1.82) is 0 Å². The van der Waals surface area contributed by atoms with E-state index in [4.69, 9.17) is 14.2 Å². The van der Waals surface area contributed by atoms with Crippen molar-refractivity contribution < 1.29 is 32.2 Å². The molecule has 2 N–H and O–H groups in total. The highest BCUT2D eigenvalue weighted by Crippen LogP contribution is 2.34. The number of hydrogen-bond donors (Lipinski definition) is 2. The lowest BCUT2D eigenvalue weighted by Gasteiger charge is -2.21. The van der Waals surface area contributed by atoms with Crippen LogP contribution in [-0.2, 0) is 19.4 Å². The van der Waals surface area contributed by atoms with Crippen LogP contribution in [0.4, 0.5) is 11.4 Å². The Kier molecular flexibility index (Phi) is 6.40. The van der Waals surface area contributed by atoms with Crippen molar-refractivity contribution in [3.05, 3.63) is 35.9 Å². The molecule has 1 atom stereocenters. The zero-order chi connectivity index (χ0) is 22.8. The van der Waals surface area contributed by atoms with Crippen LogP contribution in [0.3, 0.4) is 0 Å². The fourth-order valence-corrected chi connectivity index (χ4v) is 4.79. The van der Waals surface area contributed by atoms with Gasteiger partial charge in [-0.3, -0.25) is 9.59 Å². The molecule has 166 valence electrons. The highest BCUT2D eigenvalue weighted by atomic mass is 32.2. The molecule has 0 bridgehead atoms. The van der Waals surface area contributed by atoms with Gasteiger partial charge < -0.3 is 24.8 Å². The largest absolute Gasteiger partial charge is 0.497 e. The number of sulfone groups is 1. The lowest BCUT2D eigenvalue weighted by Crippen LogP contribution is -2.27. The number of rotatable bonds is 7. The minimum Gasteiger partial charge on any atom is -0.497 e. The molecule has 1 heterocycles. The predicted molar refractivity (Wildman–Crippen MR) is 115 cm³/mol. The summed E-state index contributed by atoms with van der Waals surface area (Å²) in [6, 6.07) is 7.82. The second-order valence-electron chi connectivity index (χ2n) is 7.16. The number of nitrogens with one attached hydrogen (secondary N) is 2. The van der Waals surface area contributed by atoms with Crippen LogP contribution in [-0.4, -0.2) is 46.3 Å². The molecule has 2 amide bonds. The van der Waals surface area contributed by atoms with Gasteiger partial charge in [0.05, 0.1) is 30.1 Å². The number of ether oxygens (including phenoxy) is 3. The molecule has 0 aromatic heterocycles. The topological polar surface area (TPSA) is 120 Å². The van der Waals surface area contributed by atoms with E-state index in [2.05, 4.69) is 10.6 Å². The van der Waals surface area contributed by atoms with E-state index in [9.17, 15) is 18.0 Å². The van der Waals surface area contributed by atoms with E-state index in [0.717, 1.165) is 0 Å². The van der Waals surface area contributed by atoms with Crippen LogP contribution in [0.5, 0.6) is 17.2 Å². The molecule has 0 saturated heterocycles. The monoisotopic (exact) mass is 448 g/mol. The number of anilines is 2. The van der Waals surface area contributed by atoms with Crippen LogP contribution in [0.25, 0.3) is 0 Å². The first-order valence-electron chi connectivity index (χ1n) is 9.48. The third kappa shape index (κ3) is 4.91. The zero-order valence-electron chi connectivity index (χ0n) is 17.6. The SMILES string of the molecule is COc1cc(NC(=O)C[C@H](C)S(=O)(=O)c2cc3c(cc2C)NC(=O)CO3)cc(OC)c1. The standard InChI is InChI=1S/C21H24N2O7S/c1-12-5-17-18(30-11-21(25)23-17)10-19(12)31(26,27)13(2)6-20(24)22-14-7-15(28-3)9-16(8-14)29-4/h5,7-10,13H,6,11H2,1-4H3,(H,22,24)(H,23,25)/t13-/m0/s1. The van der Waals surface area contributed by atoms with Gasteiger partial charge in [0.25, 0.3) is 5.91 Å². The number of methoxy groups -OCH3 is 2. The van der Waals surface area contributed by atoms with Crippen LogP contribution in [0.2, 0.25) is 0 Å². The summed E-state index contributed by atoms with van der Waals surface area (Å²) in [7, 11) is -0.850. The van der Waals surface area contributed by atoms with Gasteiger partial charge in [-0.2, -0.15) is 0 Å². The van der Waals surface area contributed by atoms with Crippen molar-refractivity contribution in [2.75, 3.05) is 31.5 Å². The first-order valence-corrected chi connectivity index (χ1v) is 11.0. The van der Waals surface area contributed by atoms with E-state index >= 15 is 0 Å². The minimum absolute atomic E-state index is 0.0609. The number of aryl methyl sites for hydroxylation is 1. The van der Waals surface area contributed by atoms with E-state index in [1.54, 1.807) is 31.2 Å². The molecule has 1 aliphatic heterocycles. The van der Waals surface area contributed by atoms with Crippen molar-refractivity contribution in [3.8, 4) is 17.2 Å². The average Bonchev–Trinajstić information content (AvgIpc) is 2.72. The Bertz CT molecular complexity index is 1110. The van der Waals surface area contributed by atoms with E-state index in [0.29, 0.717) is 28.4 Å². The molecule has 0 radical (unpaired) electrons. The Labute approximate surface area is 180 Å². The second-order valence-corrected chi connectivity index (χ2v) is 9.49. The number of benzene rings is 2. The Morgan fingerprint density at radius 1 is 1.16 bits per heavy atom. The van der Waals surface area contributed by atoms with Crippen molar-refractivity contribution in [2.24, 2.45) is 0 Å². The molecule has 0 fully saturated rings. The molecule has 0 saturated carbocycles. The van der Waals surface area contributed by atoms with Gasteiger partial charge in [0.15, 0.2) is 16.4 Å². The molecule has 0 unspecified atom stereocenters. The van der Waals surface area contributed by atoms with Gasteiger partial charge >= 0.3 is 0 Å². The minimum atomic E-state index is -3.83. The second kappa shape index (κ2) is 8.84. The fraction of sp³-hybridized carbons (Fsp3) is 0.333. The number of amides is 2. The first-order chi connectivity index (χ1) is 14.6. The van der Waals surface area contributed by atoms with Crippen molar-refractivity contribution in [3.63, 3.8) is 0 Å². The van der Waals surface area contributed by atoms with Crippen molar-refractivity contribution in [1.82, 2.24) is 0 Å². The van der Waals surface area contributed by atoms with E-state index in [-0.39, 0.29) is 29.6 Å². The number of hydrogen-bond acceptors (Lipinski definition) is 7. The Morgan fingerprint density at radius 2 is 1.81 bits per heavy atom. The summed E-state index contributed by atoms with van der Waals surface area (Å²) in [5.41, 5.74) is 1.30. The maximum Gasteiger partial charge on any atom is 0.262 e. The van der Waals surface area contributed by atoms with Crippen LogP contribution >= 0.6 is 0 Å². The molecular weight excluding hydrogens is 424 g/mol. The maximum atomic E-state index is 13.1. The van der Waals surface area contributed by atoms with Gasteiger partial charge in [-0.05, 0) is 25.5 Å². The fourth-order valence-electron chi connectivity index (χ4n) is 3.20. The van der Waals surface area contributed by atoms with Crippen LogP contribution in [0.1, 0.15) is 18.9 Å². The van der Waals surface area contributed by atoms with Crippen molar-refractivity contribution >= 4 is 33.0 Å². The van der Waals surface area contributed by atoms with Gasteiger partial charge in [0.2, 0.25) is 5.91 Å². The molecule has 31 heavy (non-hydrogen) atoms. The molecule has 0 aliphatic carbocycles. The summed E-state index contributed by atoms with van der Waals surface area (Å²) in [4.78, 5) is 24.0. The Hall–Kier alpha value is -3.27. The summed E-state index contributed by atoms with van der Waals surface area (Å²) in [6.45, 7) is 2.92. The lowest BCUT2D eigenvalue weighted by atomic mass is 10.2. The van der Waals surface area contributed by atoms with Gasteiger partial charge in [0, 0.05) is 36.4 Å². The van der Waals surface area contributed by atoms with Gasteiger partial charge in [-0.1, -0.05) is 0 Å². The third-order valence-electron chi connectivity index (χ3n) is 4.85. The van der Waals surface area contributed by atoms with Crippen molar-refractivity contribution in [2.45, 2.75) is 30.4 Å². The normalized spacial score (nSPS) is 14.0. The third-order valence-corrected chi connectivity index (χ3v) is 7.13. The van der Waals surface area contributed by atoms with E-state index in [1.807, 2.05) is 0 Å². The summed E-state index contributed by atoms with van der Waals surface area (Å²) < 4.78 is 41.9. The highest BCUT2D eigenvalue weighted by molar-refractivity contribution is 7.92. The molecule has 0 spiro atoms. The van der Waals surface area contributed by atoms with E-state index < -0.39 is 21.0 Å². The highest BCUT2D eigenvalue weighted by Gasteiger charge is 2.29. The quantitative estimate of drug-likeness (QED) is 0.668. The molecule has 1 aliphatic rings. The smallest absolute Gasteiger partial charge is 0.262 e. The first kappa shape index (κ1) is 22.4.